The van der Waals surface area contributed by atoms with Crippen LogP contribution in [0.4, 0.5) is 0 Å². The Bertz CT molecular complexity index is 570. The number of nitrogens with two attached hydrogens (primary N) is 1. The van der Waals surface area contributed by atoms with Gasteiger partial charge in [0.15, 0.2) is 11.5 Å². The normalized spacial score (nSPS) is 13.1. The zero-order chi connectivity index (χ0) is 11.8. The van der Waals surface area contributed by atoms with Crippen LogP contribution in [0.2, 0.25) is 5.02 Å². The van der Waals surface area contributed by atoms with Crippen molar-refractivity contribution in [1.82, 2.24) is 10.1 Å². The lowest BCUT2D eigenvalue weighted by Crippen LogP contribution is -1.96. The van der Waals surface area contributed by atoms with Crippen molar-refractivity contribution in [2.75, 3.05) is 6.79 Å². The van der Waals surface area contributed by atoms with Crippen molar-refractivity contribution in [1.29, 1.82) is 0 Å². The highest BCUT2D eigenvalue weighted by Gasteiger charge is 2.23. The highest BCUT2D eigenvalue weighted by atomic mass is 35.5. The average molecular weight is 254 g/mol. The van der Waals surface area contributed by atoms with Gasteiger partial charge in [-0.05, 0) is 6.07 Å². The first-order chi connectivity index (χ1) is 8.28. The molecule has 0 aliphatic carbocycles. The quantitative estimate of drug-likeness (QED) is 0.875. The standard InChI is InChI=1S/C10H8ClN3O3/c11-5-1-6(9-7(2-5)15-4-16-9)10-13-8(3-12)17-14-10/h1-2H,3-4,12H2. The van der Waals surface area contributed by atoms with Crippen LogP contribution in [0.25, 0.3) is 11.4 Å². The maximum absolute atomic E-state index is 5.97. The van der Waals surface area contributed by atoms with E-state index in [0.29, 0.717) is 33.8 Å². The summed E-state index contributed by atoms with van der Waals surface area (Å²) >= 11 is 5.97. The topological polar surface area (TPSA) is 83.4 Å². The van der Waals surface area contributed by atoms with Gasteiger partial charge in [0.1, 0.15) is 0 Å². The van der Waals surface area contributed by atoms with E-state index in [0.717, 1.165) is 0 Å². The molecule has 17 heavy (non-hydrogen) atoms. The number of nitrogens with zero attached hydrogens (tertiary/aromatic N) is 2. The Balaban J connectivity index is 2.13. The number of hydrogen-bond donors (Lipinski definition) is 1. The number of benzene rings is 1. The molecule has 2 N–H and O–H groups in total. The van der Waals surface area contributed by atoms with Crippen molar-refractivity contribution in [3.63, 3.8) is 0 Å². The molecule has 1 aliphatic rings. The molecule has 0 unspecified atom stereocenters. The van der Waals surface area contributed by atoms with Crippen LogP contribution in [0.5, 0.6) is 11.5 Å². The number of rotatable bonds is 2. The monoisotopic (exact) mass is 253 g/mol. The van der Waals surface area contributed by atoms with Crippen LogP contribution in [0.15, 0.2) is 16.7 Å². The van der Waals surface area contributed by atoms with Crippen molar-refractivity contribution in [2.24, 2.45) is 5.73 Å². The molecule has 2 aromatic rings. The van der Waals surface area contributed by atoms with E-state index in [-0.39, 0.29) is 13.3 Å². The number of aromatic nitrogens is 2. The number of hydrogen-bond acceptors (Lipinski definition) is 6. The van der Waals surface area contributed by atoms with Crippen LogP contribution in [0.1, 0.15) is 5.89 Å². The van der Waals surface area contributed by atoms with E-state index in [1.54, 1.807) is 12.1 Å². The Hall–Kier alpha value is -1.79. The summed E-state index contributed by atoms with van der Waals surface area (Å²) in [5.74, 6) is 1.88. The zero-order valence-corrected chi connectivity index (χ0v) is 9.40. The molecule has 0 radical (unpaired) electrons. The van der Waals surface area contributed by atoms with Gasteiger partial charge in [-0.15, -0.1) is 0 Å². The molecule has 6 nitrogen and oxygen atoms in total. The first-order valence-electron chi connectivity index (χ1n) is 4.90. The number of ether oxygens (including phenoxy) is 2. The van der Waals surface area contributed by atoms with Crippen molar-refractivity contribution in [3.8, 4) is 22.9 Å². The van der Waals surface area contributed by atoms with Gasteiger partial charge >= 0.3 is 0 Å². The van der Waals surface area contributed by atoms with Gasteiger partial charge in [0.05, 0.1) is 12.1 Å². The molecule has 88 valence electrons. The van der Waals surface area contributed by atoms with Crippen LogP contribution in [0, 0.1) is 0 Å². The molecule has 1 aromatic heterocycles. The minimum Gasteiger partial charge on any atom is -0.454 e. The lowest BCUT2D eigenvalue weighted by atomic mass is 10.2. The Labute approximate surface area is 101 Å². The first kappa shape index (κ1) is 10.4. The van der Waals surface area contributed by atoms with Crippen LogP contribution >= 0.6 is 11.6 Å². The Kier molecular flexibility index (Phi) is 2.38. The molecule has 1 aromatic carbocycles. The molecule has 0 saturated heterocycles. The van der Waals surface area contributed by atoms with Gasteiger partial charge in [-0.25, -0.2) is 0 Å². The van der Waals surface area contributed by atoms with E-state index in [1.807, 2.05) is 0 Å². The fraction of sp³-hybridized carbons (Fsp3) is 0.200. The van der Waals surface area contributed by atoms with Crippen LogP contribution in [-0.2, 0) is 6.54 Å². The molecule has 1 aliphatic heterocycles. The Morgan fingerprint density at radius 2 is 2.24 bits per heavy atom. The minimum atomic E-state index is 0.157. The second kappa shape index (κ2) is 3.90. The van der Waals surface area contributed by atoms with Crippen molar-refractivity contribution >= 4 is 11.6 Å². The summed E-state index contributed by atoms with van der Waals surface area (Å²) in [6.07, 6.45) is 0. The highest BCUT2D eigenvalue weighted by Crippen LogP contribution is 2.42. The van der Waals surface area contributed by atoms with Crippen molar-refractivity contribution in [2.45, 2.75) is 6.54 Å². The van der Waals surface area contributed by atoms with Gasteiger partial charge in [-0.2, -0.15) is 4.98 Å². The summed E-state index contributed by atoms with van der Waals surface area (Å²) in [4.78, 5) is 4.12. The third-order valence-corrected chi connectivity index (χ3v) is 2.54. The van der Waals surface area contributed by atoms with Gasteiger partial charge in [0, 0.05) is 11.1 Å². The van der Waals surface area contributed by atoms with Crippen LogP contribution in [0.3, 0.4) is 0 Å². The highest BCUT2D eigenvalue weighted by molar-refractivity contribution is 6.31. The van der Waals surface area contributed by atoms with E-state index < -0.39 is 0 Å². The van der Waals surface area contributed by atoms with E-state index in [9.17, 15) is 0 Å². The van der Waals surface area contributed by atoms with Crippen molar-refractivity contribution in [3.05, 3.63) is 23.0 Å². The van der Waals surface area contributed by atoms with E-state index >= 15 is 0 Å². The molecule has 0 bridgehead atoms. The molecule has 0 fully saturated rings. The first-order valence-corrected chi connectivity index (χ1v) is 5.28. The summed E-state index contributed by atoms with van der Waals surface area (Å²) in [5.41, 5.74) is 6.04. The summed E-state index contributed by atoms with van der Waals surface area (Å²) < 4.78 is 15.5. The second-order valence-corrected chi connectivity index (χ2v) is 3.84. The summed E-state index contributed by atoms with van der Waals surface area (Å²) in [6, 6.07) is 3.37. The molecule has 2 heterocycles. The largest absolute Gasteiger partial charge is 0.454 e. The summed E-state index contributed by atoms with van der Waals surface area (Å²) in [7, 11) is 0. The molecule has 7 heteroatoms. The zero-order valence-electron chi connectivity index (χ0n) is 8.64. The second-order valence-electron chi connectivity index (χ2n) is 3.40. The maximum atomic E-state index is 5.97. The third-order valence-electron chi connectivity index (χ3n) is 2.32. The Morgan fingerprint density at radius 3 is 3.00 bits per heavy atom. The van der Waals surface area contributed by atoms with Gasteiger partial charge in [0.2, 0.25) is 18.5 Å². The third kappa shape index (κ3) is 1.71. The number of halogens is 1. The molecule has 0 spiro atoms. The predicted octanol–water partition coefficient (Wildman–Crippen LogP) is 1.58. The fourth-order valence-corrected chi connectivity index (χ4v) is 1.80. The molecule has 0 saturated carbocycles. The number of fused-ring (bicyclic) bond motifs is 1. The summed E-state index contributed by atoms with van der Waals surface area (Å²) in [5, 5.41) is 4.33. The predicted molar refractivity (Wildman–Crippen MR) is 58.8 cm³/mol. The minimum absolute atomic E-state index is 0.157. The molecular weight excluding hydrogens is 246 g/mol. The molecular formula is C10H8ClN3O3. The fourth-order valence-electron chi connectivity index (χ4n) is 1.59. The lowest BCUT2D eigenvalue weighted by Gasteiger charge is -2.02. The SMILES string of the molecule is NCc1nc(-c2cc(Cl)cc3c2OCO3)no1. The molecule has 0 atom stereocenters. The van der Waals surface area contributed by atoms with Gasteiger partial charge < -0.3 is 19.7 Å². The average Bonchev–Trinajstić information content (AvgIpc) is 2.95. The van der Waals surface area contributed by atoms with Crippen LogP contribution in [-0.4, -0.2) is 16.9 Å². The maximum Gasteiger partial charge on any atom is 0.240 e. The molecule has 3 rings (SSSR count). The molecule has 0 amide bonds. The van der Waals surface area contributed by atoms with E-state index in [2.05, 4.69) is 10.1 Å². The summed E-state index contributed by atoms with van der Waals surface area (Å²) in [6.45, 7) is 0.345. The smallest absolute Gasteiger partial charge is 0.240 e. The van der Waals surface area contributed by atoms with Crippen molar-refractivity contribution < 1.29 is 14.0 Å². The van der Waals surface area contributed by atoms with E-state index in [1.165, 1.54) is 0 Å². The van der Waals surface area contributed by atoms with Gasteiger partial charge in [-0.3, -0.25) is 0 Å². The lowest BCUT2D eigenvalue weighted by molar-refractivity contribution is 0.174. The van der Waals surface area contributed by atoms with Crippen LogP contribution < -0.4 is 15.2 Å². The van der Waals surface area contributed by atoms with Gasteiger partial charge in [-0.1, -0.05) is 16.8 Å². The van der Waals surface area contributed by atoms with Gasteiger partial charge in [0.25, 0.3) is 0 Å². The van der Waals surface area contributed by atoms with E-state index in [4.69, 9.17) is 31.3 Å². The Morgan fingerprint density at radius 1 is 1.35 bits per heavy atom.